The van der Waals surface area contributed by atoms with Crippen molar-refractivity contribution in [1.82, 2.24) is 4.72 Å². The van der Waals surface area contributed by atoms with Gasteiger partial charge in [-0.25, -0.2) is 17.9 Å². The summed E-state index contributed by atoms with van der Waals surface area (Å²) in [7, 11) is -3.80. The van der Waals surface area contributed by atoms with Crippen LogP contribution in [0.2, 0.25) is 0 Å². The summed E-state index contributed by atoms with van der Waals surface area (Å²) in [5.41, 5.74) is -0.119. The number of hydrogen-bond acceptors (Lipinski definition) is 5. The quantitative estimate of drug-likeness (QED) is 0.731. The summed E-state index contributed by atoms with van der Waals surface area (Å²) >= 11 is 1.63. The van der Waals surface area contributed by atoms with Gasteiger partial charge in [-0.1, -0.05) is 0 Å². The van der Waals surface area contributed by atoms with Gasteiger partial charge in [0.2, 0.25) is 10.0 Å². The highest BCUT2D eigenvalue weighted by Gasteiger charge is 2.42. The van der Waals surface area contributed by atoms with Gasteiger partial charge in [0.25, 0.3) is 0 Å². The number of aromatic carboxylic acids is 1. The molecular formula is C13H17NO5S2. The van der Waals surface area contributed by atoms with Crippen molar-refractivity contribution >= 4 is 27.8 Å². The molecule has 0 aliphatic heterocycles. The Morgan fingerprint density at radius 2 is 2.05 bits per heavy atom. The Kier molecular flexibility index (Phi) is 4.23. The largest absolute Gasteiger partial charge is 0.507 e. The lowest BCUT2D eigenvalue weighted by atomic mass is 10.1. The lowest BCUT2D eigenvalue weighted by Gasteiger charge is -2.15. The first kappa shape index (κ1) is 16.1. The van der Waals surface area contributed by atoms with E-state index >= 15 is 0 Å². The van der Waals surface area contributed by atoms with Crippen LogP contribution in [0.5, 0.6) is 5.75 Å². The van der Waals surface area contributed by atoms with Gasteiger partial charge >= 0.3 is 5.97 Å². The Labute approximate surface area is 127 Å². The molecule has 0 atom stereocenters. The van der Waals surface area contributed by atoms with E-state index in [-0.39, 0.29) is 9.64 Å². The van der Waals surface area contributed by atoms with E-state index in [2.05, 4.69) is 4.72 Å². The van der Waals surface area contributed by atoms with Crippen LogP contribution in [0.1, 0.15) is 28.8 Å². The smallest absolute Gasteiger partial charge is 0.339 e. The van der Waals surface area contributed by atoms with Crippen LogP contribution in [0.25, 0.3) is 0 Å². The lowest BCUT2D eigenvalue weighted by molar-refractivity contribution is 0.0693. The minimum atomic E-state index is -3.80. The zero-order chi connectivity index (χ0) is 15.8. The predicted molar refractivity (Wildman–Crippen MR) is 80.5 cm³/mol. The lowest BCUT2D eigenvalue weighted by Crippen LogP contribution is -2.32. The Bertz CT molecular complexity index is 680. The molecule has 1 aromatic carbocycles. The predicted octanol–water partition coefficient (Wildman–Crippen LogP) is 1.57. The van der Waals surface area contributed by atoms with E-state index in [1.807, 2.05) is 6.26 Å². The molecule has 1 aromatic rings. The molecule has 8 heteroatoms. The van der Waals surface area contributed by atoms with Crippen LogP contribution < -0.4 is 4.72 Å². The number of nitrogens with one attached hydrogen (secondary N) is 1. The number of carbonyl (C=O) groups is 1. The van der Waals surface area contributed by atoms with Gasteiger partial charge in [-0.2, -0.15) is 11.8 Å². The molecular weight excluding hydrogens is 314 g/mol. The van der Waals surface area contributed by atoms with Crippen LogP contribution in [-0.2, 0) is 10.0 Å². The second kappa shape index (κ2) is 5.51. The van der Waals surface area contributed by atoms with Gasteiger partial charge in [0.05, 0.1) is 4.90 Å². The fraction of sp³-hybridized carbons (Fsp3) is 0.462. The number of carboxylic acid groups (broad SMARTS) is 1. The van der Waals surface area contributed by atoms with Gasteiger partial charge in [-0.15, -0.1) is 0 Å². The van der Waals surface area contributed by atoms with Crippen molar-refractivity contribution < 1.29 is 23.4 Å². The van der Waals surface area contributed by atoms with Crippen LogP contribution in [-0.4, -0.2) is 42.1 Å². The van der Waals surface area contributed by atoms with E-state index < -0.39 is 27.3 Å². The molecule has 0 radical (unpaired) electrons. The van der Waals surface area contributed by atoms with Gasteiger partial charge in [0, 0.05) is 11.3 Å². The molecule has 0 amide bonds. The number of aryl methyl sites for hydroxylation is 1. The molecule has 116 valence electrons. The summed E-state index contributed by atoms with van der Waals surface area (Å²) in [4.78, 5) is 10.9. The minimum Gasteiger partial charge on any atom is -0.507 e. The first-order chi connectivity index (χ1) is 9.71. The van der Waals surface area contributed by atoms with E-state index in [1.54, 1.807) is 11.8 Å². The van der Waals surface area contributed by atoms with Crippen molar-refractivity contribution in [3.8, 4) is 5.75 Å². The number of sulfonamides is 1. The standard InChI is InChI=1S/C13H17NO5S2/c1-8-5-10(15)9(12(16)17)6-11(8)21(18,19)14-7-13(20-2)3-4-13/h5-6,14-15H,3-4,7H2,1-2H3,(H,16,17). The monoisotopic (exact) mass is 331 g/mol. The fourth-order valence-electron chi connectivity index (χ4n) is 2.03. The molecule has 0 spiro atoms. The highest BCUT2D eigenvalue weighted by molar-refractivity contribution is 8.00. The van der Waals surface area contributed by atoms with Crippen LogP contribution >= 0.6 is 11.8 Å². The summed E-state index contributed by atoms with van der Waals surface area (Å²) in [6, 6.07) is 2.15. The van der Waals surface area contributed by atoms with E-state index in [4.69, 9.17) is 5.11 Å². The summed E-state index contributed by atoms with van der Waals surface area (Å²) in [6.07, 6.45) is 3.87. The highest BCUT2D eigenvalue weighted by Crippen LogP contribution is 2.46. The molecule has 0 unspecified atom stereocenters. The van der Waals surface area contributed by atoms with Crippen LogP contribution in [0.3, 0.4) is 0 Å². The summed E-state index contributed by atoms with van der Waals surface area (Å²) in [5, 5.41) is 18.5. The van der Waals surface area contributed by atoms with Crippen molar-refractivity contribution in [2.45, 2.75) is 29.4 Å². The van der Waals surface area contributed by atoms with Gasteiger partial charge in [-0.05, 0) is 43.7 Å². The zero-order valence-corrected chi connectivity index (χ0v) is 13.3. The van der Waals surface area contributed by atoms with Crippen molar-refractivity contribution in [1.29, 1.82) is 0 Å². The van der Waals surface area contributed by atoms with E-state index in [0.717, 1.165) is 25.0 Å². The van der Waals surface area contributed by atoms with Gasteiger partial charge in [0.15, 0.2) is 0 Å². The maximum atomic E-state index is 12.3. The number of hydrogen-bond donors (Lipinski definition) is 3. The average molecular weight is 331 g/mol. The molecule has 1 aliphatic rings. The Balaban J connectivity index is 2.31. The number of aromatic hydroxyl groups is 1. The Hall–Kier alpha value is -1.25. The number of phenols is 1. The SMILES string of the molecule is CSC1(CNS(=O)(=O)c2cc(C(=O)O)c(O)cc2C)CC1. The fourth-order valence-corrected chi connectivity index (χ4v) is 4.23. The number of thioether (sulfide) groups is 1. The molecule has 0 heterocycles. The molecule has 3 N–H and O–H groups in total. The van der Waals surface area contributed by atoms with Gasteiger partial charge in [-0.3, -0.25) is 0 Å². The highest BCUT2D eigenvalue weighted by atomic mass is 32.2. The normalized spacial score (nSPS) is 16.7. The number of carboxylic acids is 1. The molecule has 0 aromatic heterocycles. The molecule has 1 fully saturated rings. The molecule has 0 bridgehead atoms. The summed E-state index contributed by atoms with van der Waals surface area (Å²) in [5.74, 6) is -1.81. The van der Waals surface area contributed by atoms with Crippen LogP contribution in [0, 0.1) is 6.92 Å². The first-order valence-electron chi connectivity index (χ1n) is 6.32. The van der Waals surface area contributed by atoms with Crippen molar-refractivity contribution in [2.24, 2.45) is 0 Å². The minimum absolute atomic E-state index is 0.0342. The molecule has 1 aliphatic carbocycles. The number of rotatable bonds is 6. The van der Waals surface area contributed by atoms with Gasteiger partial charge < -0.3 is 10.2 Å². The van der Waals surface area contributed by atoms with Crippen molar-refractivity contribution in [2.75, 3.05) is 12.8 Å². The van der Waals surface area contributed by atoms with Crippen molar-refractivity contribution in [3.63, 3.8) is 0 Å². The third-order valence-electron chi connectivity index (χ3n) is 3.64. The van der Waals surface area contributed by atoms with Gasteiger partial charge in [0.1, 0.15) is 11.3 Å². The second-order valence-electron chi connectivity index (χ2n) is 5.15. The van der Waals surface area contributed by atoms with Crippen molar-refractivity contribution in [3.05, 3.63) is 23.3 Å². The third-order valence-corrected chi connectivity index (χ3v) is 6.60. The Morgan fingerprint density at radius 3 is 2.52 bits per heavy atom. The zero-order valence-electron chi connectivity index (χ0n) is 11.7. The number of benzene rings is 1. The topological polar surface area (TPSA) is 104 Å². The summed E-state index contributed by atoms with van der Waals surface area (Å²) < 4.78 is 27.2. The maximum Gasteiger partial charge on any atom is 0.339 e. The van der Waals surface area contributed by atoms with Crippen LogP contribution in [0.15, 0.2) is 17.0 Å². The Morgan fingerprint density at radius 1 is 1.43 bits per heavy atom. The van der Waals surface area contributed by atoms with Crippen LogP contribution in [0.4, 0.5) is 0 Å². The molecule has 21 heavy (non-hydrogen) atoms. The first-order valence-corrected chi connectivity index (χ1v) is 9.03. The maximum absolute atomic E-state index is 12.3. The van der Waals surface area contributed by atoms with E-state index in [1.165, 1.54) is 6.92 Å². The third kappa shape index (κ3) is 3.33. The van der Waals surface area contributed by atoms with E-state index in [9.17, 15) is 18.3 Å². The second-order valence-corrected chi connectivity index (χ2v) is 8.16. The summed E-state index contributed by atoms with van der Waals surface area (Å²) in [6.45, 7) is 1.83. The molecule has 0 saturated heterocycles. The molecule has 6 nitrogen and oxygen atoms in total. The average Bonchev–Trinajstić information content (AvgIpc) is 3.16. The molecule has 2 rings (SSSR count). The van der Waals surface area contributed by atoms with E-state index in [0.29, 0.717) is 12.1 Å². The molecule has 1 saturated carbocycles.